The van der Waals surface area contributed by atoms with Crippen molar-refractivity contribution in [3.63, 3.8) is 0 Å². The van der Waals surface area contributed by atoms with E-state index in [-0.39, 0.29) is 12.4 Å². The average Bonchev–Trinajstić information content (AvgIpc) is 2.17. The zero-order valence-electron chi connectivity index (χ0n) is 5.47. The highest BCUT2D eigenvalue weighted by molar-refractivity contribution is 6.17. The SMILES string of the molecule is C[C@@H]1CO[C@@H](CCCl)O1. The minimum Gasteiger partial charge on any atom is -0.350 e. The van der Waals surface area contributed by atoms with Gasteiger partial charge in [0.05, 0.1) is 12.7 Å². The Kier molecular flexibility index (Phi) is 2.76. The molecule has 2 atom stereocenters. The molecule has 0 aromatic rings. The molecular weight excluding hydrogens is 140 g/mol. The van der Waals surface area contributed by atoms with Gasteiger partial charge in [0.15, 0.2) is 6.29 Å². The molecule has 1 aliphatic heterocycles. The molecule has 1 saturated heterocycles. The van der Waals surface area contributed by atoms with Crippen molar-refractivity contribution in [3.8, 4) is 0 Å². The van der Waals surface area contributed by atoms with E-state index in [0.717, 1.165) is 6.42 Å². The summed E-state index contributed by atoms with van der Waals surface area (Å²) in [5, 5.41) is 0. The van der Waals surface area contributed by atoms with Crippen LogP contribution in [0.1, 0.15) is 13.3 Å². The van der Waals surface area contributed by atoms with Crippen molar-refractivity contribution in [1.82, 2.24) is 0 Å². The van der Waals surface area contributed by atoms with Gasteiger partial charge in [-0.15, -0.1) is 11.6 Å². The van der Waals surface area contributed by atoms with Gasteiger partial charge >= 0.3 is 0 Å². The summed E-state index contributed by atoms with van der Waals surface area (Å²) in [5.74, 6) is 0.609. The summed E-state index contributed by atoms with van der Waals surface area (Å²) in [7, 11) is 0. The molecule has 54 valence electrons. The molecule has 1 rings (SSSR count). The van der Waals surface area contributed by atoms with E-state index >= 15 is 0 Å². The second-order valence-electron chi connectivity index (χ2n) is 2.19. The minimum absolute atomic E-state index is 0.0440. The number of halogens is 1. The van der Waals surface area contributed by atoms with Crippen LogP contribution in [0, 0.1) is 0 Å². The molecule has 0 saturated carbocycles. The van der Waals surface area contributed by atoms with Crippen LogP contribution >= 0.6 is 11.6 Å². The van der Waals surface area contributed by atoms with Crippen molar-refractivity contribution in [3.05, 3.63) is 0 Å². The molecule has 0 aromatic carbocycles. The molecule has 0 aromatic heterocycles. The minimum atomic E-state index is -0.0440. The molecule has 0 spiro atoms. The van der Waals surface area contributed by atoms with E-state index in [0.29, 0.717) is 12.5 Å². The van der Waals surface area contributed by atoms with E-state index < -0.39 is 0 Å². The van der Waals surface area contributed by atoms with Gasteiger partial charge in [-0.1, -0.05) is 0 Å². The number of alkyl halides is 1. The second-order valence-corrected chi connectivity index (χ2v) is 2.57. The highest BCUT2D eigenvalue weighted by Crippen LogP contribution is 2.13. The fourth-order valence-electron chi connectivity index (χ4n) is 0.821. The Morgan fingerprint density at radius 2 is 2.44 bits per heavy atom. The molecule has 0 N–H and O–H groups in total. The molecule has 0 unspecified atom stereocenters. The molecule has 0 aliphatic carbocycles. The predicted octanol–water partition coefficient (Wildman–Crippen LogP) is 1.38. The lowest BCUT2D eigenvalue weighted by Gasteiger charge is -2.05. The van der Waals surface area contributed by atoms with Crippen LogP contribution in [0.15, 0.2) is 0 Å². The summed E-state index contributed by atoms with van der Waals surface area (Å²) in [4.78, 5) is 0. The summed E-state index contributed by atoms with van der Waals surface area (Å²) in [5.41, 5.74) is 0. The fraction of sp³-hybridized carbons (Fsp3) is 1.00. The van der Waals surface area contributed by atoms with Gasteiger partial charge in [0.1, 0.15) is 0 Å². The number of hydrogen-bond acceptors (Lipinski definition) is 2. The van der Waals surface area contributed by atoms with E-state index in [1.54, 1.807) is 0 Å². The van der Waals surface area contributed by atoms with Crippen molar-refractivity contribution in [2.24, 2.45) is 0 Å². The predicted molar refractivity (Wildman–Crippen MR) is 35.6 cm³/mol. The molecule has 3 heteroatoms. The molecule has 0 radical (unpaired) electrons. The maximum atomic E-state index is 5.47. The zero-order valence-corrected chi connectivity index (χ0v) is 6.23. The third kappa shape index (κ3) is 2.12. The highest BCUT2D eigenvalue weighted by Gasteiger charge is 2.20. The second kappa shape index (κ2) is 3.40. The lowest BCUT2D eigenvalue weighted by molar-refractivity contribution is -0.0551. The Morgan fingerprint density at radius 3 is 2.89 bits per heavy atom. The Morgan fingerprint density at radius 1 is 1.67 bits per heavy atom. The van der Waals surface area contributed by atoms with Crippen LogP contribution in [-0.4, -0.2) is 24.9 Å². The summed E-state index contributed by atoms with van der Waals surface area (Å²) >= 11 is 5.47. The Labute approximate surface area is 60.1 Å². The van der Waals surface area contributed by atoms with Gasteiger partial charge < -0.3 is 9.47 Å². The summed E-state index contributed by atoms with van der Waals surface area (Å²) < 4.78 is 10.5. The van der Waals surface area contributed by atoms with E-state index in [2.05, 4.69) is 0 Å². The molecule has 1 aliphatic rings. The Balaban J connectivity index is 2.14. The monoisotopic (exact) mass is 150 g/mol. The van der Waals surface area contributed by atoms with Crippen molar-refractivity contribution >= 4 is 11.6 Å². The van der Waals surface area contributed by atoms with E-state index in [1.165, 1.54) is 0 Å². The van der Waals surface area contributed by atoms with Crippen LogP contribution in [0.3, 0.4) is 0 Å². The lowest BCUT2D eigenvalue weighted by Crippen LogP contribution is -2.09. The number of rotatable bonds is 2. The van der Waals surface area contributed by atoms with Gasteiger partial charge in [-0.2, -0.15) is 0 Å². The maximum absolute atomic E-state index is 5.47. The van der Waals surface area contributed by atoms with Crippen molar-refractivity contribution < 1.29 is 9.47 Å². The first kappa shape index (κ1) is 7.32. The van der Waals surface area contributed by atoms with Gasteiger partial charge in [0.2, 0.25) is 0 Å². The molecule has 2 nitrogen and oxygen atoms in total. The first-order chi connectivity index (χ1) is 4.33. The van der Waals surface area contributed by atoms with Gasteiger partial charge in [-0.3, -0.25) is 0 Å². The summed E-state index contributed by atoms with van der Waals surface area (Å²) in [6, 6.07) is 0. The molecule has 1 heterocycles. The maximum Gasteiger partial charge on any atom is 0.159 e. The molecule has 1 fully saturated rings. The quantitative estimate of drug-likeness (QED) is 0.554. The Bertz CT molecular complexity index is 85.1. The van der Waals surface area contributed by atoms with Gasteiger partial charge in [-0.25, -0.2) is 0 Å². The molecule has 9 heavy (non-hydrogen) atoms. The van der Waals surface area contributed by atoms with Crippen molar-refractivity contribution in [1.29, 1.82) is 0 Å². The molecule has 0 amide bonds. The van der Waals surface area contributed by atoms with Crippen molar-refractivity contribution in [2.45, 2.75) is 25.7 Å². The fourth-order valence-corrected chi connectivity index (χ4v) is 0.999. The topological polar surface area (TPSA) is 18.5 Å². The standard InChI is InChI=1S/C6H11ClO2/c1-5-4-8-6(9-5)2-3-7/h5-6H,2-4H2,1H3/t5-,6-/m1/s1. The molecule has 0 bridgehead atoms. The van der Waals surface area contributed by atoms with E-state index in [4.69, 9.17) is 21.1 Å². The van der Waals surface area contributed by atoms with Crippen LogP contribution in [0.5, 0.6) is 0 Å². The average molecular weight is 151 g/mol. The van der Waals surface area contributed by atoms with E-state index in [1.807, 2.05) is 6.92 Å². The van der Waals surface area contributed by atoms with Gasteiger partial charge in [0.25, 0.3) is 0 Å². The van der Waals surface area contributed by atoms with Crippen molar-refractivity contribution in [2.75, 3.05) is 12.5 Å². The smallest absolute Gasteiger partial charge is 0.159 e. The first-order valence-corrected chi connectivity index (χ1v) is 3.69. The third-order valence-electron chi connectivity index (χ3n) is 1.25. The van der Waals surface area contributed by atoms with E-state index in [9.17, 15) is 0 Å². The van der Waals surface area contributed by atoms with Crippen LogP contribution in [0.4, 0.5) is 0 Å². The summed E-state index contributed by atoms with van der Waals surface area (Å²) in [6.07, 6.45) is 1.00. The van der Waals surface area contributed by atoms with Crippen LogP contribution in [0.25, 0.3) is 0 Å². The highest BCUT2D eigenvalue weighted by atomic mass is 35.5. The summed E-state index contributed by atoms with van der Waals surface area (Å²) in [6.45, 7) is 2.70. The molecular formula is C6H11ClO2. The normalized spacial score (nSPS) is 35.3. The van der Waals surface area contributed by atoms with Crippen LogP contribution < -0.4 is 0 Å². The van der Waals surface area contributed by atoms with Crippen LogP contribution in [0.2, 0.25) is 0 Å². The number of ether oxygens (including phenoxy) is 2. The Hall–Kier alpha value is 0.210. The zero-order chi connectivity index (χ0) is 6.69. The van der Waals surface area contributed by atoms with Gasteiger partial charge in [0, 0.05) is 12.3 Å². The largest absolute Gasteiger partial charge is 0.350 e. The van der Waals surface area contributed by atoms with Gasteiger partial charge in [-0.05, 0) is 6.92 Å². The number of hydrogen-bond donors (Lipinski definition) is 0. The third-order valence-corrected chi connectivity index (χ3v) is 1.46. The first-order valence-electron chi connectivity index (χ1n) is 3.16. The lowest BCUT2D eigenvalue weighted by atomic mass is 10.4. The van der Waals surface area contributed by atoms with Crippen LogP contribution in [-0.2, 0) is 9.47 Å².